The zero-order valence-electron chi connectivity index (χ0n) is 27.3. The topological polar surface area (TPSA) is 77.2 Å². The van der Waals surface area contributed by atoms with Crippen LogP contribution in [0, 0.1) is 12.3 Å². The van der Waals surface area contributed by atoms with E-state index in [1.807, 2.05) is 49.4 Å². The molecule has 0 atom stereocenters. The normalized spacial score (nSPS) is 12.4. The van der Waals surface area contributed by atoms with Gasteiger partial charge in [-0.05, 0) is 68.3 Å². The van der Waals surface area contributed by atoms with Crippen molar-refractivity contribution in [3.8, 4) is 17.0 Å². The van der Waals surface area contributed by atoms with Crippen LogP contribution in [0.2, 0.25) is 0 Å². The Bertz CT molecular complexity index is 1890. The van der Waals surface area contributed by atoms with Crippen LogP contribution >= 0.6 is 11.8 Å². The lowest BCUT2D eigenvalue weighted by molar-refractivity contribution is -0.147. The van der Waals surface area contributed by atoms with Gasteiger partial charge in [0.2, 0.25) is 0 Å². The molecular weight excluding hydrogens is 623 g/mol. The number of nitrogens with zero attached hydrogens (tertiary/aromatic N) is 3. The molecule has 0 saturated heterocycles. The second kappa shape index (κ2) is 13.1. The molecule has 0 bridgehead atoms. The van der Waals surface area contributed by atoms with E-state index in [1.54, 1.807) is 43.9 Å². The minimum absolute atomic E-state index is 0.177. The lowest BCUT2D eigenvalue weighted by Crippen LogP contribution is -2.28. The predicted octanol–water partition coefficient (Wildman–Crippen LogP) is 9.60. The molecule has 10 heteroatoms. The van der Waals surface area contributed by atoms with E-state index in [9.17, 15) is 23.1 Å². The van der Waals surface area contributed by atoms with E-state index in [2.05, 4.69) is 35.3 Å². The fourth-order valence-electron chi connectivity index (χ4n) is 5.19. The summed E-state index contributed by atoms with van der Waals surface area (Å²) in [7, 11) is 0. The molecule has 0 unspecified atom stereocenters. The van der Waals surface area contributed by atoms with Crippen molar-refractivity contribution < 1.29 is 27.8 Å². The molecule has 0 radical (unpaired) electrons. The van der Waals surface area contributed by atoms with Crippen LogP contribution in [0.3, 0.4) is 0 Å². The summed E-state index contributed by atoms with van der Waals surface area (Å²) in [4.78, 5) is 21.9. The molecule has 2 aromatic carbocycles. The van der Waals surface area contributed by atoms with E-state index in [0.29, 0.717) is 24.5 Å². The van der Waals surface area contributed by atoms with E-state index < -0.39 is 23.1 Å². The monoisotopic (exact) mass is 661 g/mol. The number of rotatable bonds is 10. The number of aromatic nitrogens is 3. The fourth-order valence-corrected chi connectivity index (χ4v) is 6.37. The third-order valence-corrected chi connectivity index (χ3v) is 9.00. The second-order valence-electron chi connectivity index (χ2n) is 13.4. The van der Waals surface area contributed by atoms with Gasteiger partial charge in [-0.15, -0.1) is 11.8 Å². The van der Waals surface area contributed by atoms with Gasteiger partial charge in [0.15, 0.2) is 0 Å². The highest BCUT2D eigenvalue weighted by Gasteiger charge is 2.33. The van der Waals surface area contributed by atoms with Gasteiger partial charge in [-0.1, -0.05) is 51.1 Å². The first-order chi connectivity index (χ1) is 22.0. The number of aryl methyl sites for hydroxylation is 1. The average Bonchev–Trinajstić information content (AvgIpc) is 3.26. The number of pyridine rings is 2. The van der Waals surface area contributed by atoms with Gasteiger partial charge < -0.3 is 14.4 Å². The third-order valence-electron chi connectivity index (χ3n) is 7.72. The molecular formula is C37H38F3N3O3S. The minimum Gasteiger partial charge on any atom is -0.487 e. The van der Waals surface area contributed by atoms with Gasteiger partial charge in [-0.25, -0.2) is 0 Å². The molecule has 5 rings (SSSR count). The molecule has 0 spiro atoms. The molecule has 6 nitrogen and oxygen atoms in total. The SMILES string of the molecule is Cc1ccc(COc2ccc3c(c2)c(SC(C)(C)C)c(CC(C)(C)C(=O)O)n3Cc2ccc(-c3cc(C(F)(F)F)ccn3)cc2)nc1. The highest BCUT2D eigenvalue weighted by Crippen LogP contribution is 2.44. The molecule has 0 aliphatic heterocycles. The molecule has 0 aliphatic rings. The van der Waals surface area contributed by atoms with E-state index >= 15 is 0 Å². The number of carboxylic acid groups (broad SMARTS) is 1. The van der Waals surface area contributed by atoms with E-state index in [-0.39, 0.29) is 16.9 Å². The summed E-state index contributed by atoms with van der Waals surface area (Å²) >= 11 is 1.69. The van der Waals surface area contributed by atoms with Gasteiger partial charge in [0.05, 0.1) is 22.4 Å². The van der Waals surface area contributed by atoms with Crippen molar-refractivity contribution in [1.82, 2.24) is 14.5 Å². The number of alkyl halides is 3. The number of aliphatic carboxylic acids is 1. The summed E-state index contributed by atoms with van der Waals surface area (Å²) in [5.74, 6) is -0.219. The highest BCUT2D eigenvalue weighted by molar-refractivity contribution is 8.00. The van der Waals surface area contributed by atoms with Gasteiger partial charge in [0.25, 0.3) is 0 Å². The number of hydrogen-bond acceptors (Lipinski definition) is 5. The van der Waals surface area contributed by atoms with Gasteiger partial charge in [-0.2, -0.15) is 13.2 Å². The number of fused-ring (bicyclic) bond motifs is 1. The van der Waals surface area contributed by atoms with Crippen molar-refractivity contribution in [1.29, 1.82) is 0 Å². The maximum atomic E-state index is 13.3. The smallest absolute Gasteiger partial charge is 0.416 e. The molecule has 47 heavy (non-hydrogen) atoms. The number of ether oxygens (including phenoxy) is 1. The van der Waals surface area contributed by atoms with Crippen LogP contribution in [0.4, 0.5) is 13.2 Å². The Balaban J connectivity index is 1.56. The molecule has 0 fully saturated rings. The molecule has 0 saturated carbocycles. The van der Waals surface area contributed by atoms with Crippen molar-refractivity contribution in [2.75, 3.05) is 0 Å². The summed E-state index contributed by atoms with van der Waals surface area (Å²) in [5, 5.41) is 11.1. The van der Waals surface area contributed by atoms with Crippen LogP contribution in [0.15, 0.2) is 84.0 Å². The van der Waals surface area contributed by atoms with Gasteiger partial charge >= 0.3 is 12.1 Å². The van der Waals surface area contributed by atoms with Crippen molar-refractivity contribution >= 4 is 28.6 Å². The lowest BCUT2D eigenvalue weighted by Gasteiger charge is -2.24. The van der Waals surface area contributed by atoms with Crippen molar-refractivity contribution in [2.24, 2.45) is 5.41 Å². The predicted molar refractivity (Wildman–Crippen MR) is 180 cm³/mol. The number of carbonyl (C=O) groups is 1. The maximum Gasteiger partial charge on any atom is 0.416 e. The summed E-state index contributed by atoms with van der Waals surface area (Å²) in [6.07, 6.45) is -1.21. The fraction of sp³-hybridized carbons (Fsp3) is 0.324. The van der Waals surface area contributed by atoms with Crippen LogP contribution in [0.1, 0.15) is 62.7 Å². The van der Waals surface area contributed by atoms with Crippen LogP contribution in [-0.2, 0) is 30.5 Å². The Morgan fingerprint density at radius 3 is 2.28 bits per heavy atom. The van der Waals surface area contributed by atoms with Crippen LogP contribution in [0.25, 0.3) is 22.2 Å². The van der Waals surface area contributed by atoms with Gasteiger partial charge in [-0.3, -0.25) is 14.8 Å². The van der Waals surface area contributed by atoms with E-state index in [0.717, 1.165) is 56.6 Å². The number of hydrogen-bond donors (Lipinski definition) is 1. The number of thioether (sulfide) groups is 1. The Labute approximate surface area is 277 Å². The maximum absolute atomic E-state index is 13.3. The minimum atomic E-state index is -4.46. The molecule has 0 amide bonds. The molecule has 0 aliphatic carbocycles. The zero-order chi connectivity index (χ0) is 34.1. The third kappa shape index (κ3) is 8.16. The van der Waals surface area contributed by atoms with Crippen LogP contribution in [-0.4, -0.2) is 30.4 Å². The molecule has 246 valence electrons. The Morgan fingerprint density at radius 1 is 0.936 bits per heavy atom. The molecule has 1 N–H and O–H groups in total. The molecule has 3 aromatic heterocycles. The van der Waals surface area contributed by atoms with Gasteiger partial charge in [0.1, 0.15) is 12.4 Å². The Hall–Kier alpha value is -4.31. The average molecular weight is 662 g/mol. The van der Waals surface area contributed by atoms with Crippen LogP contribution < -0.4 is 4.74 Å². The lowest BCUT2D eigenvalue weighted by atomic mass is 9.88. The summed E-state index contributed by atoms with van der Waals surface area (Å²) < 4.78 is 48.1. The first-order valence-corrected chi connectivity index (χ1v) is 16.1. The Kier molecular flexibility index (Phi) is 9.46. The van der Waals surface area contributed by atoms with Crippen LogP contribution in [0.5, 0.6) is 5.75 Å². The largest absolute Gasteiger partial charge is 0.487 e. The standard InChI is InChI=1S/C37H38F3N3O3S/c1-23-7-12-27(42-20-23)22-46-28-13-14-31-29(18-28)33(47-35(2,3)4)32(19-36(5,6)34(44)45)43(31)21-24-8-10-25(11-9-24)30-17-26(15-16-41-30)37(38,39)40/h7-18,20H,19,21-22H2,1-6H3,(H,44,45). The first-order valence-electron chi connectivity index (χ1n) is 15.2. The number of carboxylic acids is 1. The summed E-state index contributed by atoms with van der Waals surface area (Å²) in [6, 6.07) is 19.1. The van der Waals surface area contributed by atoms with E-state index in [4.69, 9.17) is 4.74 Å². The van der Waals surface area contributed by atoms with Crippen molar-refractivity contribution in [2.45, 2.75) is 76.9 Å². The van der Waals surface area contributed by atoms with Crippen molar-refractivity contribution in [3.05, 3.63) is 107 Å². The summed E-state index contributed by atoms with van der Waals surface area (Å²) in [6.45, 7) is 12.5. The van der Waals surface area contributed by atoms with E-state index in [1.165, 1.54) is 0 Å². The first kappa shape index (κ1) is 34.0. The van der Waals surface area contributed by atoms with Gasteiger partial charge in [0, 0.05) is 57.2 Å². The molecule has 5 aromatic rings. The Morgan fingerprint density at radius 2 is 1.66 bits per heavy atom. The number of benzene rings is 2. The molecule has 3 heterocycles. The number of halogens is 3. The zero-order valence-corrected chi connectivity index (χ0v) is 28.1. The van der Waals surface area contributed by atoms with Crippen molar-refractivity contribution in [3.63, 3.8) is 0 Å². The second-order valence-corrected chi connectivity index (χ2v) is 15.2. The quantitative estimate of drug-likeness (QED) is 0.150. The highest BCUT2D eigenvalue weighted by atomic mass is 32.2. The summed E-state index contributed by atoms with van der Waals surface area (Å²) in [5.41, 5.74) is 3.62.